The topological polar surface area (TPSA) is 6.48 Å². The van der Waals surface area contributed by atoms with Crippen molar-refractivity contribution >= 4 is 21.4 Å². The van der Waals surface area contributed by atoms with Crippen molar-refractivity contribution in [2.75, 3.05) is 23.9 Å². The second kappa shape index (κ2) is 10.9. The summed E-state index contributed by atoms with van der Waals surface area (Å²) in [4.78, 5) is 9.38. The van der Waals surface area contributed by atoms with Crippen molar-refractivity contribution in [3.8, 4) is 0 Å². The molecule has 2 nitrogen and oxygen atoms in total. The summed E-state index contributed by atoms with van der Waals surface area (Å²) in [7, 11) is 2.75. The number of para-hydroxylation sites is 1. The molecule has 0 N–H and O–H groups in total. The van der Waals surface area contributed by atoms with Crippen molar-refractivity contribution in [3.63, 3.8) is 0 Å². The first kappa shape index (κ1) is 27.2. The Hall–Kier alpha value is -3.69. The molecule has 3 aromatic carbocycles. The Morgan fingerprint density at radius 1 is 0.810 bits per heavy atom. The first-order valence-electron chi connectivity index (χ1n) is 15.5. The maximum atomic E-state index is 2.71. The number of fused-ring (bicyclic) bond motifs is 2. The zero-order valence-corrected chi connectivity index (χ0v) is 25.9. The van der Waals surface area contributed by atoms with E-state index in [0.717, 1.165) is 25.7 Å². The Bertz CT molecular complexity index is 1610. The van der Waals surface area contributed by atoms with Gasteiger partial charge in [-0.25, -0.2) is 0 Å². The van der Waals surface area contributed by atoms with Crippen LogP contribution in [0.5, 0.6) is 0 Å². The van der Waals surface area contributed by atoms with Crippen molar-refractivity contribution in [2.45, 2.75) is 59.6 Å². The van der Waals surface area contributed by atoms with E-state index >= 15 is 0 Å². The third kappa shape index (κ3) is 4.24. The second-order valence-electron chi connectivity index (χ2n) is 12.4. The molecule has 4 unspecified atom stereocenters. The SMILES string of the molecule is CN(C)c1cccc(S(C2=CC3C4=C(CCC=C4)N(c4ccccc4)C3(C)C=C2)(c2ccccc2)C2CC=CCC2)c1. The minimum Gasteiger partial charge on any atom is -0.378 e. The van der Waals surface area contributed by atoms with Gasteiger partial charge in [-0.3, -0.25) is 0 Å². The molecular weight excluding hydrogens is 529 g/mol. The van der Waals surface area contributed by atoms with Gasteiger partial charge in [-0.15, -0.1) is 0 Å². The van der Waals surface area contributed by atoms with E-state index in [1.54, 1.807) is 0 Å². The lowest BCUT2D eigenvalue weighted by Crippen LogP contribution is -2.46. The predicted molar refractivity (Wildman–Crippen MR) is 182 cm³/mol. The lowest BCUT2D eigenvalue weighted by molar-refractivity contribution is 0.494. The van der Waals surface area contributed by atoms with Crippen LogP contribution >= 0.6 is 10.0 Å². The third-order valence-corrected chi connectivity index (χ3v) is 14.2. The lowest BCUT2D eigenvalue weighted by atomic mass is 9.79. The lowest BCUT2D eigenvalue weighted by Gasteiger charge is -2.51. The number of rotatable bonds is 6. The molecule has 0 fully saturated rings. The summed E-state index contributed by atoms with van der Waals surface area (Å²) in [6.45, 7) is 2.45. The summed E-state index contributed by atoms with van der Waals surface area (Å²) in [5.74, 6) is 0.302. The fraction of sp³-hybridized carbons (Fsp3) is 0.282. The van der Waals surface area contributed by atoms with E-state index in [4.69, 9.17) is 0 Å². The maximum Gasteiger partial charge on any atom is 0.0709 e. The van der Waals surface area contributed by atoms with Crippen molar-refractivity contribution in [3.05, 3.63) is 144 Å². The van der Waals surface area contributed by atoms with Gasteiger partial charge in [-0.1, -0.05) is 85.0 Å². The van der Waals surface area contributed by atoms with Crippen molar-refractivity contribution in [1.82, 2.24) is 0 Å². The summed E-state index contributed by atoms with van der Waals surface area (Å²) in [5.41, 5.74) is 5.43. The van der Waals surface area contributed by atoms with E-state index < -0.39 is 10.0 Å². The Labute approximate surface area is 253 Å². The van der Waals surface area contributed by atoms with E-state index in [9.17, 15) is 0 Å². The van der Waals surface area contributed by atoms with Gasteiger partial charge in [0.15, 0.2) is 0 Å². The summed E-state index contributed by atoms with van der Waals surface area (Å²) < 4.78 is 0. The van der Waals surface area contributed by atoms with Crippen molar-refractivity contribution < 1.29 is 0 Å². The molecule has 0 saturated heterocycles. The number of hydrogen-bond donors (Lipinski definition) is 0. The van der Waals surface area contributed by atoms with Gasteiger partial charge in [0, 0.05) is 47.2 Å². The minimum absolute atomic E-state index is 0.135. The van der Waals surface area contributed by atoms with Crippen LogP contribution in [0.15, 0.2) is 153 Å². The van der Waals surface area contributed by atoms with E-state index in [1.165, 1.54) is 43.8 Å². The molecule has 7 rings (SSSR count). The monoisotopic (exact) mass is 570 g/mol. The molecule has 0 radical (unpaired) electrons. The molecule has 0 bridgehead atoms. The normalized spacial score (nSPS) is 26.7. The summed E-state index contributed by atoms with van der Waals surface area (Å²) >= 11 is 0. The van der Waals surface area contributed by atoms with Crippen molar-refractivity contribution in [1.29, 1.82) is 0 Å². The van der Waals surface area contributed by atoms with Crippen LogP contribution in [0.2, 0.25) is 0 Å². The molecular formula is C39H42N2S. The largest absolute Gasteiger partial charge is 0.378 e. The Kier molecular flexibility index (Phi) is 7.02. The molecule has 0 aromatic heterocycles. The van der Waals surface area contributed by atoms with Crippen LogP contribution in [0.4, 0.5) is 11.4 Å². The van der Waals surface area contributed by atoms with E-state index in [2.05, 4.69) is 158 Å². The summed E-state index contributed by atoms with van der Waals surface area (Å²) in [6, 6.07) is 32.0. The van der Waals surface area contributed by atoms with E-state index in [-0.39, 0.29) is 5.54 Å². The predicted octanol–water partition coefficient (Wildman–Crippen LogP) is 10.0. The second-order valence-corrected chi connectivity index (χ2v) is 15.8. The zero-order chi connectivity index (χ0) is 28.7. The summed E-state index contributed by atoms with van der Waals surface area (Å²) in [5, 5.41) is 0.546. The zero-order valence-electron chi connectivity index (χ0n) is 25.1. The average Bonchev–Trinajstić information content (AvgIpc) is 3.31. The molecule has 3 heteroatoms. The van der Waals surface area contributed by atoms with Crippen LogP contribution in [0.3, 0.4) is 0 Å². The highest BCUT2D eigenvalue weighted by Crippen LogP contribution is 2.74. The quantitative estimate of drug-likeness (QED) is 0.272. The van der Waals surface area contributed by atoms with Gasteiger partial charge >= 0.3 is 0 Å². The maximum absolute atomic E-state index is 2.71. The first-order valence-corrected chi connectivity index (χ1v) is 17.2. The highest BCUT2D eigenvalue weighted by molar-refractivity contribution is 8.37. The van der Waals surface area contributed by atoms with Gasteiger partial charge in [0.25, 0.3) is 0 Å². The molecule has 3 aliphatic carbocycles. The third-order valence-electron chi connectivity index (χ3n) is 9.74. The number of hydrogen-bond acceptors (Lipinski definition) is 2. The minimum atomic E-state index is -1.57. The molecule has 4 atom stereocenters. The van der Waals surface area contributed by atoms with Gasteiger partial charge in [-0.05, 0) is 96.9 Å². The standard InChI is InChI=1S/C39H42N2S/c1-39-27-26-35(29-37(39)36-24-13-14-25-38(36)41(39)30-16-7-4-8-17-30)42(32-19-9-5-10-20-32,33-21-11-6-12-22-33)34-23-15-18-31(28-34)40(2)3/h4-11,13,15-20,23-24,26-29,33,37H,12,14,21-22,25H2,1-3H3. The number of allylic oxidation sites excluding steroid dienone is 6. The molecule has 0 saturated carbocycles. The molecule has 3 aromatic rings. The first-order chi connectivity index (χ1) is 20.5. The smallest absolute Gasteiger partial charge is 0.0709 e. The number of nitrogens with zero attached hydrogens (tertiary/aromatic N) is 2. The summed E-state index contributed by atoms with van der Waals surface area (Å²) in [6.07, 6.45) is 23.2. The van der Waals surface area contributed by atoms with Gasteiger partial charge in [-0.2, -0.15) is 10.0 Å². The molecule has 4 aliphatic rings. The van der Waals surface area contributed by atoms with Gasteiger partial charge in [0.2, 0.25) is 0 Å². The van der Waals surface area contributed by atoms with Crippen LogP contribution in [-0.2, 0) is 0 Å². The van der Waals surface area contributed by atoms with E-state index in [1.807, 2.05) is 0 Å². The van der Waals surface area contributed by atoms with Crippen molar-refractivity contribution in [2.24, 2.45) is 5.92 Å². The molecule has 214 valence electrons. The van der Waals surface area contributed by atoms with Gasteiger partial charge in [0.05, 0.1) is 5.54 Å². The highest BCUT2D eigenvalue weighted by atomic mass is 32.3. The van der Waals surface area contributed by atoms with E-state index in [0.29, 0.717) is 11.2 Å². The Morgan fingerprint density at radius 3 is 2.31 bits per heavy atom. The molecule has 42 heavy (non-hydrogen) atoms. The average molecular weight is 571 g/mol. The molecule has 0 amide bonds. The molecule has 1 aliphatic heterocycles. The fourth-order valence-corrected chi connectivity index (χ4v) is 12.4. The van der Waals surface area contributed by atoms with Gasteiger partial charge < -0.3 is 9.80 Å². The number of anilines is 2. The van der Waals surface area contributed by atoms with Crippen LogP contribution in [-0.4, -0.2) is 24.9 Å². The highest BCUT2D eigenvalue weighted by Gasteiger charge is 2.51. The molecule has 1 heterocycles. The number of benzene rings is 3. The van der Waals surface area contributed by atoms with Gasteiger partial charge in [0.1, 0.15) is 0 Å². The van der Waals surface area contributed by atoms with Crippen LogP contribution in [0.1, 0.15) is 39.0 Å². The fourth-order valence-electron chi connectivity index (χ4n) is 7.74. The van der Waals surface area contributed by atoms with Crippen LogP contribution in [0.25, 0.3) is 0 Å². The Balaban J connectivity index is 1.47. The van der Waals surface area contributed by atoms with Crippen LogP contribution < -0.4 is 9.80 Å². The van der Waals surface area contributed by atoms with Crippen LogP contribution in [0, 0.1) is 5.92 Å². The molecule has 0 spiro atoms. The Morgan fingerprint density at radius 2 is 1.57 bits per heavy atom.